The highest BCUT2D eigenvalue weighted by atomic mass is 35.5. The topological polar surface area (TPSA) is 52.6 Å². The molecule has 0 aromatic heterocycles. The molecule has 0 aliphatic rings. The second-order valence-electron chi connectivity index (χ2n) is 4.44. The SMILES string of the molecule is CC/C=C/COC(=O)CCCC(=O)Oc1c(F)cccc1Cl. The van der Waals surface area contributed by atoms with Crippen LogP contribution in [0, 0.1) is 5.82 Å². The van der Waals surface area contributed by atoms with Gasteiger partial charge in [0.1, 0.15) is 6.61 Å². The summed E-state index contributed by atoms with van der Waals surface area (Å²) >= 11 is 5.74. The molecule has 1 aromatic carbocycles. The predicted molar refractivity (Wildman–Crippen MR) is 81.3 cm³/mol. The van der Waals surface area contributed by atoms with Crippen LogP contribution in [0.25, 0.3) is 0 Å². The minimum absolute atomic E-state index is 0.0233. The van der Waals surface area contributed by atoms with Gasteiger partial charge in [-0.15, -0.1) is 0 Å². The van der Waals surface area contributed by atoms with Crippen LogP contribution < -0.4 is 4.74 Å². The van der Waals surface area contributed by atoms with E-state index >= 15 is 0 Å². The van der Waals surface area contributed by atoms with E-state index in [1.165, 1.54) is 12.1 Å². The minimum Gasteiger partial charge on any atom is -0.461 e. The fourth-order valence-corrected chi connectivity index (χ4v) is 1.77. The molecule has 0 saturated heterocycles. The van der Waals surface area contributed by atoms with E-state index < -0.39 is 17.8 Å². The van der Waals surface area contributed by atoms with Crippen molar-refractivity contribution < 1.29 is 23.5 Å². The summed E-state index contributed by atoms with van der Waals surface area (Å²) in [6, 6.07) is 3.99. The average molecular weight is 329 g/mol. The van der Waals surface area contributed by atoms with Crippen LogP contribution in [-0.4, -0.2) is 18.5 Å². The number of halogens is 2. The van der Waals surface area contributed by atoms with Gasteiger partial charge >= 0.3 is 11.9 Å². The van der Waals surface area contributed by atoms with E-state index in [2.05, 4.69) is 0 Å². The van der Waals surface area contributed by atoms with Gasteiger partial charge in [0.25, 0.3) is 0 Å². The highest BCUT2D eigenvalue weighted by Crippen LogP contribution is 2.27. The summed E-state index contributed by atoms with van der Waals surface area (Å²) in [4.78, 5) is 23.0. The van der Waals surface area contributed by atoms with Gasteiger partial charge in [-0.3, -0.25) is 9.59 Å². The van der Waals surface area contributed by atoms with E-state index in [0.717, 1.165) is 12.5 Å². The van der Waals surface area contributed by atoms with Gasteiger partial charge in [-0.2, -0.15) is 0 Å². The summed E-state index contributed by atoms with van der Waals surface area (Å²) in [6.45, 7) is 2.20. The fraction of sp³-hybridized carbons (Fsp3) is 0.375. The normalized spacial score (nSPS) is 10.7. The van der Waals surface area contributed by atoms with Crippen LogP contribution in [0.5, 0.6) is 5.75 Å². The summed E-state index contributed by atoms with van der Waals surface area (Å²) in [7, 11) is 0. The molecule has 120 valence electrons. The Balaban J connectivity index is 2.29. The zero-order valence-electron chi connectivity index (χ0n) is 12.3. The number of esters is 2. The van der Waals surface area contributed by atoms with E-state index in [0.29, 0.717) is 0 Å². The highest BCUT2D eigenvalue weighted by molar-refractivity contribution is 6.32. The number of benzene rings is 1. The third-order valence-electron chi connectivity index (χ3n) is 2.64. The van der Waals surface area contributed by atoms with Crippen molar-refractivity contribution in [1.82, 2.24) is 0 Å². The summed E-state index contributed by atoms with van der Waals surface area (Å²) in [6.07, 6.45) is 4.86. The number of rotatable bonds is 8. The predicted octanol–water partition coefficient (Wildman–Crippen LogP) is 4.06. The Morgan fingerprint density at radius 3 is 2.64 bits per heavy atom. The van der Waals surface area contributed by atoms with E-state index in [9.17, 15) is 14.0 Å². The minimum atomic E-state index is -0.706. The molecule has 4 nitrogen and oxygen atoms in total. The molecule has 1 aromatic rings. The molecule has 22 heavy (non-hydrogen) atoms. The van der Waals surface area contributed by atoms with E-state index in [4.69, 9.17) is 21.1 Å². The lowest BCUT2D eigenvalue weighted by Gasteiger charge is -2.07. The van der Waals surface area contributed by atoms with Crippen molar-refractivity contribution in [1.29, 1.82) is 0 Å². The summed E-state index contributed by atoms with van der Waals surface area (Å²) in [5, 5.41) is 0.0236. The number of carbonyl (C=O) groups is 2. The van der Waals surface area contributed by atoms with Crippen LogP contribution in [0.15, 0.2) is 30.4 Å². The number of allylic oxidation sites excluding steroid dienone is 1. The zero-order valence-corrected chi connectivity index (χ0v) is 13.1. The van der Waals surface area contributed by atoms with Crippen LogP contribution in [0.3, 0.4) is 0 Å². The van der Waals surface area contributed by atoms with E-state index in [1.807, 2.05) is 13.0 Å². The third-order valence-corrected chi connectivity index (χ3v) is 2.94. The second kappa shape index (κ2) is 9.95. The van der Waals surface area contributed by atoms with Crippen LogP contribution in [-0.2, 0) is 14.3 Å². The number of para-hydroxylation sites is 1. The van der Waals surface area contributed by atoms with Crippen molar-refractivity contribution >= 4 is 23.5 Å². The lowest BCUT2D eigenvalue weighted by atomic mass is 10.2. The number of carbonyl (C=O) groups excluding carboxylic acids is 2. The lowest BCUT2D eigenvalue weighted by Crippen LogP contribution is -2.11. The smallest absolute Gasteiger partial charge is 0.311 e. The molecular formula is C16H18ClFO4. The molecule has 0 aliphatic heterocycles. The van der Waals surface area contributed by atoms with Crippen molar-refractivity contribution in [3.8, 4) is 5.75 Å². The van der Waals surface area contributed by atoms with Crippen LogP contribution in [0.2, 0.25) is 5.02 Å². The first-order valence-electron chi connectivity index (χ1n) is 7.00. The maximum atomic E-state index is 13.4. The highest BCUT2D eigenvalue weighted by Gasteiger charge is 2.13. The number of ether oxygens (including phenoxy) is 2. The molecule has 0 amide bonds. The summed E-state index contributed by atoms with van der Waals surface area (Å²) in [5.74, 6) is -2.03. The largest absolute Gasteiger partial charge is 0.461 e. The molecule has 0 spiro atoms. The Bertz CT molecular complexity index is 523. The lowest BCUT2D eigenvalue weighted by molar-refractivity contribution is -0.142. The monoisotopic (exact) mass is 328 g/mol. The quantitative estimate of drug-likeness (QED) is 0.410. The standard InChI is InChI=1S/C16H18ClFO4/c1-2-3-4-11-21-14(19)9-6-10-15(20)22-16-12(17)7-5-8-13(16)18/h3-5,7-8H,2,6,9-11H2,1H3/b4-3+. The molecule has 0 saturated carbocycles. The average Bonchev–Trinajstić information content (AvgIpc) is 2.48. The first kappa shape index (κ1) is 18.2. The van der Waals surface area contributed by atoms with E-state index in [1.54, 1.807) is 6.08 Å². The first-order chi connectivity index (χ1) is 10.5. The molecular weight excluding hydrogens is 311 g/mol. The van der Waals surface area contributed by atoms with Gasteiger partial charge in [-0.05, 0) is 25.0 Å². The molecule has 0 N–H and O–H groups in total. The van der Waals surface area contributed by atoms with Crippen LogP contribution >= 0.6 is 11.6 Å². The Labute approximate surface area is 133 Å². The summed E-state index contributed by atoms with van der Waals surface area (Å²) < 4.78 is 23.2. The van der Waals surface area contributed by atoms with Gasteiger partial charge in [0.2, 0.25) is 0 Å². The molecule has 0 bridgehead atoms. The zero-order chi connectivity index (χ0) is 16.4. The third kappa shape index (κ3) is 6.72. The van der Waals surface area contributed by atoms with Gasteiger partial charge in [0.05, 0.1) is 5.02 Å². The molecule has 1 rings (SSSR count). The van der Waals surface area contributed by atoms with Crippen LogP contribution in [0.1, 0.15) is 32.6 Å². The Morgan fingerprint density at radius 2 is 1.95 bits per heavy atom. The maximum Gasteiger partial charge on any atom is 0.311 e. The number of hydrogen-bond acceptors (Lipinski definition) is 4. The van der Waals surface area contributed by atoms with Crippen molar-refractivity contribution in [3.63, 3.8) is 0 Å². The van der Waals surface area contributed by atoms with Gasteiger partial charge in [-0.1, -0.05) is 36.7 Å². The molecule has 0 atom stereocenters. The van der Waals surface area contributed by atoms with Gasteiger partial charge < -0.3 is 9.47 Å². The van der Waals surface area contributed by atoms with E-state index in [-0.39, 0.29) is 36.6 Å². The van der Waals surface area contributed by atoms with Crippen LogP contribution in [0.4, 0.5) is 4.39 Å². The molecule has 0 unspecified atom stereocenters. The van der Waals surface area contributed by atoms with Crippen molar-refractivity contribution in [2.24, 2.45) is 0 Å². The molecule has 0 aliphatic carbocycles. The van der Waals surface area contributed by atoms with Gasteiger partial charge in [-0.25, -0.2) is 4.39 Å². The van der Waals surface area contributed by atoms with Crippen molar-refractivity contribution in [2.45, 2.75) is 32.6 Å². The molecule has 0 heterocycles. The van der Waals surface area contributed by atoms with Crippen molar-refractivity contribution in [2.75, 3.05) is 6.61 Å². The Kier molecular flexibility index (Phi) is 8.22. The van der Waals surface area contributed by atoms with Gasteiger partial charge in [0.15, 0.2) is 11.6 Å². The fourth-order valence-electron chi connectivity index (χ4n) is 1.57. The van der Waals surface area contributed by atoms with Crippen molar-refractivity contribution in [3.05, 3.63) is 41.2 Å². The number of hydrogen-bond donors (Lipinski definition) is 0. The summed E-state index contributed by atoms with van der Waals surface area (Å²) in [5.41, 5.74) is 0. The maximum absolute atomic E-state index is 13.4. The Hall–Kier alpha value is -1.88. The Morgan fingerprint density at radius 1 is 1.23 bits per heavy atom. The first-order valence-corrected chi connectivity index (χ1v) is 7.37. The van der Waals surface area contributed by atoms with Gasteiger partial charge in [0, 0.05) is 12.8 Å². The molecule has 0 radical (unpaired) electrons. The molecule has 0 fully saturated rings. The molecule has 6 heteroatoms. The second-order valence-corrected chi connectivity index (χ2v) is 4.85.